The number of hydrogen-bond donors (Lipinski definition) is 4. The van der Waals surface area contributed by atoms with Crippen molar-refractivity contribution in [3.63, 3.8) is 0 Å². The quantitative estimate of drug-likeness (QED) is 0.423. The van der Waals surface area contributed by atoms with Crippen LogP contribution in [0.5, 0.6) is 0 Å². The summed E-state index contributed by atoms with van der Waals surface area (Å²) < 4.78 is 66.0. The van der Waals surface area contributed by atoms with Crippen LogP contribution in [0.3, 0.4) is 0 Å². The molecule has 2 fully saturated rings. The molecule has 8 nitrogen and oxygen atoms in total. The molecule has 4 N–H and O–H groups in total. The zero-order valence-electron chi connectivity index (χ0n) is 17.2. The normalized spacial score (nSPS) is 23.7. The molecule has 1 unspecified atom stereocenters. The molecule has 0 amide bonds. The summed E-state index contributed by atoms with van der Waals surface area (Å²) in [5.41, 5.74) is 2.12. The first-order chi connectivity index (χ1) is 15.2. The maximum Gasteiger partial charge on any atom is 0.401 e. The van der Waals surface area contributed by atoms with Gasteiger partial charge in [-0.05, 0) is 50.5 Å². The van der Waals surface area contributed by atoms with Gasteiger partial charge in [0.15, 0.2) is 0 Å². The highest BCUT2D eigenvalue weighted by atomic mass is 32.2. The van der Waals surface area contributed by atoms with Crippen molar-refractivity contribution in [2.75, 3.05) is 6.54 Å². The van der Waals surface area contributed by atoms with E-state index in [4.69, 9.17) is 4.98 Å². The molecule has 0 spiro atoms. The van der Waals surface area contributed by atoms with E-state index in [2.05, 4.69) is 25.0 Å². The maximum absolute atomic E-state index is 12.8. The predicted octanol–water partition coefficient (Wildman–Crippen LogP) is 3.27. The van der Waals surface area contributed by atoms with Crippen LogP contribution in [0.2, 0.25) is 0 Å². The number of nitrogens with zero attached hydrogens (tertiary/aromatic N) is 2. The highest BCUT2D eigenvalue weighted by molar-refractivity contribution is 7.90. The Morgan fingerprint density at radius 2 is 1.91 bits per heavy atom. The van der Waals surface area contributed by atoms with Crippen LogP contribution >= 0.6 is 0 Å². The number of aromatic amines is 2. The number of fused-ring (bicyclic) bond motifs is 3. The van der Waals surface area contributed by atoms with E-state index in [9.17, 15) is 21.6 Å². The lowest BCUT2D eigenvalue weighted by atomic mass is 9.81. The number of aromatic nitrogens is 4. The van der Waals surface area contributed by atoms with Crippen molar-refractivity contribution >= 4 is 32.1 Å². The number of pyridine rings is 1. The molecule has 2 aliphatic carbocycles. The Morgan fingerprint density at radius 1 is 1.16 bits per heavy atom. The van der Waals surface area contributed by atoms with Gasteiger partial charge in [-0.1, -0.05) is 0 Å². The molecule has 0 saturated heterocycles. The van der Waals surface area contributed by atoms with Crippen molar-refractivity contribution in [2.45, 2.75) is 62.0 Å². The van der Waals surface area contributed by atoms with Crippen LogP contribution < -0.4 is 10.0 Å². The minimum atomic E-state index is -4.24. The standard InChI is InChI=1S/C20H25F3N6O2S/c21-20(22,23)10-26-12-3-1-11(2-4-12)16(29-32(30,31)13-5-6-13)19-27-15-9-25-18-14(7-8-24-18)17(15)28-19/h7-9,11-13,16,26,29H,1-6,10H2,(H,24,25)(H,27,28). The van der Waals surface area contributed by atoms with Crippen LogP contribution in [-0.4, -0.2) is 52.4 Å². The number of halogens is 3. The third-order valence-electron chi connectivity index (χ3n) is 6.44. The van der Waals surface area contributed by atoms with Gasteiger partial charge in [-0.2, -0.15) is 13.2 Å². The summed E-state index contributed by atoms with van der Waals surface area (Å²) in [5.74, 6) is 0.453. The molecule has 12 heteroatoms. The lowest BCUT2D eigenvalue weighted by Gasteiger charge is -2.34. The molecule has 0 bridgehead atoms. The van der Waals surface area contributed by atoms with E-state index in [1.165, 1.54) is 0 Å². The van der Waals surface area contributed by atoms with E-state index < -0.39 is 28.8 Å². The molecular weight excluding hydrogens is 445 g/mol. The summed E-state index contributed by atoms with van der Waals surface area (Å²) in [4.78, 5) is 15.4. The van der Waals surface area contributed by atoms with Gasteiger partial charge in [0.05, 0.1) is 29.6 Å². The van der Waals surface area contributed by atoms with Gasteiger partial charge < -0.3 is 15.3 Å². The molecular formula is C20H25F3N6O2S. The zero-order valence-corrected chi connectivity index (χ0v) is 18.1. The van der Waals surface area contributed by atoms with Gasteiger partial charge in [0, 0.05) is 17.6 Å². The van der Waals surface area contributed by atoms with E-state index in [1.807, 2.05) is 6.07 Å². The number of alkyl halides is 3. The van der Waals surface area contributed by atoms with E-state index in [0.29, 0.717) is 61.0 Å². The smallest absolute Gasteiger partial charge is 0.346 e. The summed E-state index contributed by atoms with van der Waals surface area (Å²) in [7, 11) is -3.49. The van der Waals surface area contributed by atoms with Crippen LogP contribution in [-0.2, 0) is 10.0 Å². The van der Waals surface area contributed by atoms with E-state index in [-0.39, 0.29) is 17.2 Å². The second-order valence-electron chi connectivity index (χ2n) is 8.83. The van der Waals surface area contributed by atoms with Crippen LogP contribution in [0, 0.1) is 5.92 Å². The minimum absolute atomic E-state index is 0.0669. The fourth-order valence-electron chi connectivity index (χ4n) is 4.58. The molecule has 32 heavy (non-hydrogen) atoms. The molecule has 0 aliphatic heterocycles. The Balaban J connectivity index is 1.40. The Hall–Kier alpha value is -2.18. The van der Waals surface area contributed by atoms with Gasteiger partial charge in [0.1, 0.15) is 17.0 Å². The lowest BCUT2D eigenvalue weighted by Crippen LogP contribution is -2.42. The van der Waals surface area contributed by atoms with Crippen LogP contribution in [0.4, 0.5) is 13.2 Å². The Kier molecular flexibility index (Phi) is 5.41. The number of imidazole rings is 1. The minimum Gasteiger partial charge on any atom is -0.346 e. The first kappa shape index (κ1) is 21.7. The molecule has 2 aliphatic rings. The van der Waals surface area contributed by atoms with Crippen molar-refractivity contribution in [2.24, 2.45) is 5.92 Å². The summed E-state index contributed by atoms with van der Waals surface area (Å²) in [6.45, 7) is -1.01. The number of H-pyrrole nitrogens is 2. The number of nitrogens with one attached hydrogen (secondary N) is 4. The van der Waals surface area contributed by atoms with E-state index >= 15 is 0 Å². The van der Waals surface area contributed by atoms with Gasteiger partial charge in [-0.15, -0.1) is 0 Å². The Labute approximate surface area is 182 Å². The Bertz CT molecular complexity index is 1210. The third-order valence-corrected chi connectivity index (χ3v) is 8.37. The summed E-state index contributed by atoms with van der Waals surface area (Å²) in [5, 5.41) is 3.04. The van der Waals surface area contributed by atoms with Crippen molar-refractivity contribution in [3.05, 3.63) is 24.3 Å². The molecule has 3 aromatic heterocycles. The van der Waals surface area contributed by atoms with Crippen LogP contribution in [0.15, 0.2) is 18.5 Å². The van der Waals surface area contributed by atoms with Crippen LogP contribution in [0.1, 0.15) is 50.4 Å². The van der Waals surface area contributed by atoms with Crippen molar-refractivity contribution in [3.8, 4) is 0 Å². The molecule has 0 radical (unpaired) electrons. The van der Waals surface area contributed by atoms with Gasteiger partial charge in [-0.3, -0.25) is 0 Å². The zero-order chi connectivity index (χ0) is 22.5. The highest BCUT2D eigenvalue weighted by Crippen LogP contribution is 2.37. The van der Waals surface area contributed by atoms with Gasteiger partial charge in [0.2, 0.25) is 10.0 Å². The summed E-state index contributed by atoms with van der Waals surface area (Å²) in [6.07, 6.45) is 2.77. The topological polar surface area (TPSA) is 116 Å². The largest absolute Gasteiger partial charge is 0.401 e. The monoisotopic (exact) mass is 470 g/mol. The molecule has 3 heterocycles. The van der Waals surface area contributed by atoms with Crippen molar-refractivity contribution in [1.82, 2.24) is 30.0 Å². The molecule has 0 aromatic carbocycles. The number of rotatable bonds is 7. The fraction of sp³-hybridized carbons (Fsp3) is 0.600. The molecule has 174 valence electrons. The number of sulfonamides is 1. The SMILES string of the molecule is O=S(=O)(NC(c1nc2c(cnc3[nH]ccc32)[nH]1)C1CCC(NCC(F)(F)F)CC1)C1CC1. The maximum atomic E-state index is 12.8. The molecule has 1 atom stereocenters. The number of hydrogen-bond acceptors (Lipinski definition) is 5. The third kappa shape index (κ3) is 4.48. The van der Waals surface area contributed by atoms with Crippen LogP contribution in [0.25, 0.3) is 22.1 Å². The molecule has 3 aromatic rings. The van der Waals surface area contributed by atoms with Gasteiger partial charge in [-0.25, -0.2) is 23.1 Å². The summed E-state index contributed by atoms with van der Waals surface area (Å²) in [6, 6.07) is 1.08. The predicted molar refractivity (Wildman–Crippen MR) is 113 cm³/mol. The Morgan fingerprint density at radius 3 is 2.59 bits per heavy atom. The molecule has 5 rings (SSSR count). The van der Waals surface area contributed by atoms with Crippen molar-refractivity contribution in [1.29, 1.82) is 0 Å². The summed E-state index contributed by atoms with van der Waals surface area (Å²) >= 11 is 0. The first-order valence-electron chi connectivity index (χ1n) is 10.8. The molecule has 2 saturated carbocycles. The van der Waals surface area contributed by atoms with Crippen molar-refractivity contribution < 1.29 is 21.6 Å². The van der Waals surface area contributed by atoms with E-state index in [0.717, 1.165) is 5.39 Å². The van der Waals surface area contributed by atoms with Gasteiger partial charge in [0.25, 0.3) is 0 Å². The highest BCUT2D eigenvalue weighted by Gasteiger charge is 2.40. The first-order valence-corrected chi connectivity index (χ1v) is 12.4. The lowest BCUT2D eigenvalue weighted by molar-refractivity contribution is -0.126. The second kappa shape index (κ2) is 7.99. The van der Waals surface area contributed by atoms with E-state index in [1.54, 1.807) is 12.4 Å². The average Bonchev–Trinajstić information content (AvgIpc) is 3.35. The fourth-order valence-corrected chi connectivity index (χ4v) is 6.19. The van der Waals surface area contributed by atoms with Gasteiger partial charge >= 0.3 is 6.18 Å². The second-order valence-corrected chi connectivity index (χ2v) is 10.8. The average molecular weight is 471 g/mol.